The lowest BCUT2D eigenvalue weighted by molar-refractivity contribution is -0.165. The molecule has 0 saturated carbocycles. The Kier molecular flexibility index (Phi) is 28.5. The number of hydrogen-bond acceptors (Lipinski definition) is 7. The summed E-state index contributed by atoms with van der Waals surface area (Å²) in [6.07, 6.45) is 19.3. The molecule has 0 rings (SSSR count). The van der Waals surface area contributed by atoms with E-state index in [4.69, 9.17) is 15.3 Å². The van der Waals surface area contributed by atoms with Crippen molar-refractivity contribution in [3.05, 3.63) is 12.2 Å². The molecule has 0 saturated heterocycles. The number of ether oxygens (including phenoxy) is 1. The van der Waals surface area contributed by atoms with Crippen molar-refractivity contribution in [2.75, 3.05) is 26.3 Å². The second-order valence-electron chi connectivity index (χ2n) is 8.00. The smallest absolute Gasteiger partial charge is 0.342 e. The van der Waals surface area contributed by atoms with Crippen molar-refractivity contribution in [1.29, 1.82) is 0 Å². The molecule has 0 aromatic carbocycles. The van der Waals surface area contributed by atoms with Crippen LogP contribution in [0.15, 0.2) is 12.2 Å². The fraction of sp³-hybridized carbons (Fsp3) is 0.840. The van der Waals surface area contributed by atoms with Crippen LogP contribution in [0.4, 0.5) is 0 Å². The molecule has 0 aromatic heterocycles. The van der Waals surface area contributed by atoms with E-state index >= 15 is 0 Å². The molecule has 0 bridgehead atoms. The molecule has 4 N–H and O–H groups in total. The molecule has 1 unspecified atom stereocenters. The van der Waals surface area contributed by atoms with Crippen LogP contribution in [-0.4, -0.2) is 59.7 Å². The Morgan fingerprint density at radius 2 is 1.28 bits per heavy atom. The maximum absolute atomic E-state index is 11.3. The minimum Gasteiger partial charge on any atom is -0.395 e. The lowest BCUT2D eigenvalue weighted by atomic mass is 10.1. The number of carbonyl (C=O) groups is 2. The molecule has 0 fully saturated rings. The van der Waals surface area contributed by atoms with Gasteiger partial charge in [0.25, 0.3) is 0 Å². The summed E-state index contributed by atoms with van der Waals surface area (Å²) in [4.78, 5) is 22.3. The molecular formula is C25H49NO6. The zero-order valence-corrected chi connectivity index (χ0v) is 20.5. The number of aliphatic hydroxyl groups excluding tert-OH is 3. The van der Waals surface area contributed by atoms with Gasteiger partial charge < -0.3 is 25.4 Å². The summed E-state index contributed by atoms with van der Waals surface area (Å²) in [5, 5.41) is 28.0. The Labute approximate surface area is 195 Å². The molecule has 1 atom stereocenters. The van der Waals surface area contributed by atoms with Crippen LogP contribution in [0, 0.1) is 0 Å². The van der Waals surface area contributed by atoms with Crippen LogP contribution in [0.3, 0.4) is 0 Å². The molecule has 0 aliphatic heterocycles. The molecule has 7 heteroatoms. The zero-order chi connectivity index (χ0) is 24.3. The van der Waals surface area contributed by atoms with Crippen LogP contribution in [0.2, 0.25) is 0 Å². The largest absolute Gasteiger partial charge is 0.395 e. The Morgan fingerprint density at radius 3 is 1.75 bits per heavy atom. The van der Waals surface area contributed by atoms with E-state index in [2.05, 4.69) is 29.1 Å². The van der Waals surface area contributed by atoms with Gasteiger partial charge in [0.05, 0.1) is 13.2 Å². The third-order valence-corrected chi connectivity index (χ3v) is 4.78. The molecule has 7 nitrogen and oxygen atoms in total. The standard InChI is InChI=1S/C21H38O4.C4H11NO2/c1-3-4-5-6-7-8-9-10-11-12-13-14-15-16-17-18-20(23)25-21(24)19(2)22;6-3-1-5-2-4-7/h10-11,19,22H,3-9,12-18H2,1-2H3;5-7H,1-4H2/b11-10-;. The van der Waals surface area contributed by atoms with Crippen molar-refractivity contribution in [2.24, 2.45) is 0 Å². The number of hydrogen-bond donors (Lipinski definition) is 4. The van der Waals surface area contributed by atoms with E-state index in [1.807, 2.05) is 0 Å². The summed E-state index contributed by atoms with van der Waals surface area (Å²) in [6, 6.07) is 0. The number of unbranched alkanes of at least 4 members (excludes halogenated alkanes) is 11. The number of esters is 2. The normalized spacial score (nSPS) is 11.8. The van der Waals surface area contributed by atoms with Gasteiger partial charge in [-0.25, -0.2) is 4.79 Å². The van der Waals surface area contributed by atoms with Crippen LogP contribution in [0.5, 0.6) is 0 Å². The van der Waals surface area contributed by atoms with Crippen molar-refractivity contribution in [3.8, 4) is 0 Å². The lowest BCUT2D eigenvalue weighted by Gasteiger charge is -2.04. The summed E-state index contributed by atoms with van der Waals surface area (Å²) < 4.78 is 4.49. The first-order valence-electron chi connectivity index (χ1n) is 12.5. The highest BCUT2D eigenvalue weighted by Gasteiger charge is 2.14. The van der Waals surface area contributed by atoms with E-state index in [-0.39, 0.29) is 19.6 Å². The van der Waals surface area contributed by atoms with Gasteiger partial charge in [0, 0.05) is 19.5 Å². The minimum atomic E-state index is -1.24. The van der Waals surface area contributed by atoms with E-state index in [9.17, 15) is 9.59 Å². The average molecular weight is 460 g/mol. The van der Waals surface area contributed by atoms with Gasteiger partial charge in [-0.05, 0) is 39.0 Å². The van der Waals surface area contributed by atoms with E-state index in [0.29, 0.717) is 13.1 Å². The number of carbonyl (C=O) groups excluding carboxylic acids is 2. The van der Waals surface area contributed by atoms with Crippen molar-refractivity contribution < 1.29 is 29.6 Å². The fourth-order valence-corrected chi connectivity index (χ4v) is 2.87. The maximum atomic E-state index is 11.3. The first kappa shape index (κ1) is 32.9. The van der Waals surface area contributed by atoms with Gasteiger partial charge in [0.1, 0.15) is 6.10 Å². The number of rotatable bonds is 20. The predicted molar refractivity (Wildman–Crippen MR) is 129 cm³/mol. The fourth-order valence-electron chi connectivity index (χ4n) is 2.87. The molecule has 0 amide bonds. The van der Waals surface area contributed by atoms with Gasteiger partial charge in [-0.15, -0.1) is 0 Å². The van der Waals surface area contributed by atoms with Crippen molar-refractivity contribution in [2.45, 2.75) is 110 Å². The summed E-state index contributed by atoms with van der Waals surface area (Å²) >= 11 is 0. The first-order valence-corrected chi connectivity index (χ1v) is 12.5. The highest BCUT2D eigenvalue weighted by atomic mass is 16.6. The summed E-state index contributed by atoms with van der Waals surface area (Å²) in [5.74, 6) is -1.40. The molecule has 190 valence electrons. The third-order valence-electron chi connectivity index (χ3n) is 4.78. The quantitative estimate of drug-likeness (QED) is 0.0940. The molecule has 0 aliphatic rings. The van der Waals surface area contributed by atoms with Gasteiger partial charge in [-0.3, -0.25) is 4.79 Å². The maximum Gasteiger partial charge on any atom is 0.342 e. The van der Waals surface area contributed by atoms with E-state index < -0.39 is 18.0 Å². The van der Waals surface area contributed by atoms with Gasteiger partial charge >= 0.3 is 11.9 Å². The molecule has 32 heavy (non-hydrogen) atoms. The Morgan fingerprint density at radius 1 is 0.812 bits per heavy atom. The van der Waals surface area contributed by atoms with E-state index in [1.165, 1.54) is 64.7 Å². The summed E-state index contributed by atoms with van der Waals surface area (Å²) in [7, 11) is 0. The van der Waals surface area contributed by atoms with Crippen molar-refractivity contribution in [1.82, 2.24) is 5.32 Å². The second-order valence-corrected chi connectivity index (χ2v) is 8.00. The second kappa shape index (κ2) is 27.8. The van der Waals surface area contributed by atoms with Crippen LogP contribution < -0.4 is 5.32 Å². The monoisotopic (exact) mass is 459 g/mol. The molecule has 0 aromatic rings. The van der Waals surface area contributed by atoms with Crippen molar-refractivity contribution >= 4 is 11.9 Å². The molecule has 0 radical (unpaired) electrons. The summed E-state index contributed by atoms with van der Waals surface area (Å²) in [6.45, 7) is 4.96. The van der Waals surface area contributed by atoms with E-state index in [1.54, 1.807) is 0 Å². The van der Waals surface area contributed by atoms with Crippen LogP contribution in [0.25, 0.3) is 0 Å². The van der Waals surface area contributed by atoms with Crippen molar-refractivity contribution in [3.63, 3.8) is 0 Å². The SMILES string of the molecule is CCCCCCCC/C=C\CCCCCCCC(=O)OC(=O)C(C)O.OCCNCCO. The first-order chi connectivity index (χ1) is 15.5. The van der Waals surface area contributed by atoms with Crippen LogP contribution in [0.1, 0.15) is 104 Å². The van der Waals surface area contributed by atoms with Crippen LogP contribution >= 0.6 is 0 Å². The number of aliphatic hydroxyl groups is 3. The zero-order valence-electron chi connectivity index (χ0n) is 20.5. The third kappa shape index (κ3) is 28.7. The van der Waals surface area contributed by atoms with E-state index in [0.717, 1.165) is 25.7 Å². The van der Waals surface area contributed by atoms with Gasteiger partial charge in [-0.1, -0.05) is 70.4 Å². The minimum absolute atomic E-state index is 0.139. The van der Waals surface area contributed by atoms with Gasteiger partial charge in [-0.2, -0.15) is 0 Å². The van der Waals surface area contributed by atoms with Crippen LogP contribution in [-0.2, 0) is 14.3 Å². The summed E-state index contributed by atoms with van der Waals surface area (Å²) in [5.41, 5.74) is 0. The highest BCUT2D eigenvalue weighted by molar-refractivity contribution is 5.87. The Hall–Kier alpha value is -1.28. The Bertz CT molecular complexity index is 436. The number of nitrogens with one attached hydrogen (secondary N) is 1. The topological polar surface area (TPSA) is 116 Å². The molecular weight excluding hydrogens is 410 g/mol. The Balaban J connectivity index is 0. The van der Waals surface area contributed by atoms with Gasteiger partial charge in [0.15, 0.2) is 0 Å². The lowest BCUT2D eigenvalue weighted by Crippen LogP contribution is -2.22. The average Bonchev–Trinajstić information content (AvgIpc) is 2.77. The van der Waals surface area contributed by atoms with Gasteiger partial charge in [0.2, 0.25) is 0 Å². The molecule has 0 spiro atoms. The molecule has 0 aliphatic carbocycles. The highest BCUT2D eigenvalue weighted by Crippen LogP contribution is 2.10. The predicted octanol–water partition coefficient (Wildman–Crippen LogP) is 4.04. The molecule has 0 heterocycles. The number of allylic oxidation sites excluding steroid dienone is 2.